The van der Waals surface area contributed by atoms with Crippen LogP contribution in [0.15, 0.2) is 53.5 Å². The van der Waals surface area contributed by atoms with Crippen molar-refractivity contribution in [3.8, 4) is 5.75 Å². The highest BCUT2D eigenvalue weighted by Crippen LogP contribution is 2.26. The van der Waals surface area contributed by atoms with Gasteiger partial charge in [0.15, 0.2) is 0 Å². The van der Waals surface area contributed by atoms with E-state index in [0.717, 1.165) is 0 Å². The highest BCUT2D eigenvalue weighted by Gasteiger charge is 2.14. The number of amides is 1. The summed E-state index contributed by atoms with van der Waals surface area (Å²) in [6.07, 6.45) is 1.62. The van der Waals surface area contributed by atoms with Gasteiger partial charge in [-0.25, -0.2) is 0 Å². The van der Waals surface area contributed by atoms with Crippen molar-refractivity contribution in [2.24, 2.45) is 0 Å². The molecule has 0 saturated heterocycles. The lowest BCUT2D eigenvalue weighted by Crippen LogP contribution is -2.25. The largest absolute Gasteiger partial charge is 0.495 e. The van der Waals surface area contributed by atoms with Gasteiger partial charge in [0.2, 0.25) is 0 Å². The average Bonchev–Trinajstić information content (AvgIpc) is 2.68. The number of hydrogen-bond acceptors (Lipinski definition) is 4. The lowest BCUT2D eigenvalue weighted by molar-refractivity contribution is 0.102. The van der Waals surface area contributed by atoms with Gasteiger partial charge in [0, 0.05) is 28.2 Å². The van der Waals surface area contributed by atoms with Gasteiger partial charge in [-0.1, -0.05) is 17.7 Å². The van der Waals surface area contributed by atoms with E-state index < -0.39 is 0 Å². The summed E-state index contributed by atoms with van der Waals surface area (Å²) in [5, 5.41) is 13.5. The van der Waals surface area contributed by atoms with Crippen molar-refractivity contribution in [3.05, 3.63) is 69.6 Å². The number of nitrogens with one attached hydrogen (secondary N) is 1. The smallest absolute Gasteiger partial charge is 0.258 e. The summed E-state index contributed by atoms with van der Waals surface area (Å²) in [4.78, 5) is 25.2. The molecule has 0 saturated carbocycles. The minimum absolute atomic E-state index is 0.139. The fourth-order valence-corrected chi connectivity index (χ4v) is 3.10. The highest BCUT2D eigenvalue weighted by atomic mass is 35.5. The maximum Gasteiger partial charge on any atom is 0.258 e. The van der Waals surface area contributed by atoms with Crippen LogP contribution in [0.2, 0.25) is 5.02 Å². The zero-order chi connectivity index (χ0) is 19.6. The summed E-state index contributed by atoms with van der Waals surface area (Å²) in [7, 11) is 1.50. The summed E-state index contributed by atoms with van der Waals surface area (Å²) in [6.45, 7) is 1.62. The number of rotatable bonds is 5. The van der Waals surface area contributed by atoms with E-state index in [1.165, 1.54) is 17.7 Å². The van der Waals surface area contributed by atoms with Crippen LogP contribution in [-0.4, -0.2) is 29.3 Å². The minimum Gasteiger partial charge on any atom is -0.495 e. The molecule has 140 valence electrons. The first kappa shape index (κ1) is 18.9. The van der Waals surface area contributed by atoms with E-state index in [-0.39, 0.29) is 24.1 Å². The molecule has 3 aromatic rings. The maximum atomic E-state index is 12.7. The van der Waals surface area contributed by atoms with E-state index in [4.69, 9.17) is 16.3 Å². The fraction of sp³-hybridized carbons (Fsp3) is 0.200. The molecule has 0 aliphatic rings. The van der Waals surface area contributed by atoms with Crippen molar-refractivity contribution in [3.63, 3.8) is 0 Å². The van der Waals surface area contributed by atoms with E-state index >= 15 is 0 Å². The number of halogens is 1. The number of carbonyl (C=O) groups excluding carboxylic acids is 1. The second kappa shape index (κ2) is 7.82. The monoisotopic (exact) mass is 386 g/mol. The number of aliphatic hydroxyl groups is 1. The second-order valence-corrected chi connectivity index (χ2v) is 6.54. The molecule has 0 fully saturated rings. The Morgan fingerprint density at radius 3 is 2.70 bits per heavy atom. The number of methoxy groups -OCH3 is 1. The number of anilines is 1. The third-order valence-electron chi connectivity index (χ3n) is 4.37. The summed E-state index contributed by atoms with van der Waals surface area (Å²) in [5.74, 6) is 0.136. The zero-order valence-corrected chi connectivity index (χ0v) is 15.7. The predicted molar refractivity (Wildman–Crippen MR) is 106 cm³/mol. The molecular weight excluding hydrogens is 368 g/mol. The van der Waals surface area contributed by atoms with Crippen molar-refractivity contribution < 1.29 is 14.6 Å². The summed E-state index contributed by atoms with van der Waals surface area (Å²) >= 11 is 6.08. The standard InChI is InChI=1S/C20H19ClN2O4/c1-12(11-24)23-9-8-14-15(20(23)26)4-3-5-17(14)22-19(25)13-6-7-18(27-2)16(21)10-13/h3-10,12,24H,11H2,1-2H3,(H,22,25). The van der Waals surface area contributed by atoms with Gasteiger partial charge >= 0.3 is 0 Å². The van der Waals surface area contributed by atoms with Gasteiger partial charge in [-0.2, -0.15) is 0 Å². The molecule has 1 unspecified atom stereocenters. The number of aromatic nitrogens is 1. The number of ether oxygens (including phenoxy) is 1. The van der Waals surface area contributed by atoms with Gasteiger partial charge < -0.3 is 19.7 Å². The van der Waals surface area contributed by atoms with Gasteiger partial charge in [-0.3, -0.25) is 9.59 Å². The zero-order valence-electron chi connectivity index (χ0n) is 14.9. The Kier molecular flexibility index (Phi) is 5.48. The molecule has 1 heterocycles. The van der Waals surface area contributed by atoms with Crippen LogP contribution in [0.3, 0.4) is 0 Å². The van der Waals surface area contributed by atoms with E-state index in [1.54, 1.807) is 49.5 Å². The van der Waals surface area contributed by atoms with Crippen LogP contribution in [0.25, 0.3) is 10.8 Å². The quantitative estimate of drug-likeness (QED) is 0.703. The van der Waals surface area contributed by atoms with Crippen LogP contribution < -0.4 is 15.6 Å². The molecule has 3 rings (SSSR count). The van der Waals surface area contributed by atoms with Crippen molar-refractivity contribution in [1.29, 1.82) is 0 Å². The Balaban J connectivity index is 1.98. The van der Waals surface area contributed by atoms with Gasteiger partial charge in [0.1, 0.15) is 5.75 Å². The van der Waals surface area contributed by atoms with Gasteiger partial charge in [-0.05, 0) is 43.3 Å². The Morgan fingerprint density at radius 2 is 2.04 bits per heavy atom. The normalized spacial score (nSPS) is 12.0. The van der Waals surface area contributed by atoms with Crippen LogP contribution in [0.1, 0.15) is 23.3 Å². The molecular formula is C20H19ClN2O4. The fourth-order valence-electron chi connectivity index (χ4n) is 2.84. The summed E-state index contributed by atoms with van der Waals surface area (Å²) in [5.41, 5.74) is 0.669. The predicted octanol–water partition coefficient (Wildman–Crippen LogP) is 3.47. The number of aliphatic hydroxyl groups excluding tert-OH is 1. The third kappa shape index (κ3) is 3.67. The molecule has 0 spiro atoms. The van der Waals surface area contributed by atoms with Crippen molar-refractivity contribution >= 4 is 34.0 Å². The van der Waals surface area contributed by atoms with Crippen LogP contribution in [0.5, 0.6) is 5.75 Å². The Labute approximate surface area is 161 Å². The van der Waals surface area contributed by atoms with E-state index in [9.17, 15) is 14.7 Å². The number of nitrogens with zero attached hydrogens (tertiary/aromatic N) is 1. The first-order valence-electron chi connectivity index (χ1n) is 8.36. The molecule has 0 radical (unpaired) electrons. The molecule has 1 atom stereocenters. The first-order valence-corrected chi connectivity index (χ1v) is 8.73. The number of carbonyl (C=O) groups is 1. The first-order chi connectivity index (χ1) is 13.0. The summed E-state index contributed by atoms with van der Waals surface area (Å²) in [6, 6.07) is 11.3. The van der Waals surface area contributed by atoms with Crippen molar-refractivity contribution in [1.82, 2.24) is 4.57 Å². The topological polar surface area (TPSA) is 80.6 Å². The Morgan fingerprint density at radius 1 is 1.26 bits per heavy atom. The number of pyridine rings is 1. The van der Waals surface area contributed by atoms with Crippen LogP contribution in [0.4, 0.5) is 5.69 Å². The maximum absolute atomic E-state index is 12.7. The van der Waals surface area contributed by atoms with Gasteiger partial charge in [-0.15, -0.1) is 0 Å². The lowest BCUT2D eigenvalue weighted by atomic mass is 10.1. The second-order valence-electron chi connectivity index (χ2n) is 6.13. The van der Waals surface area contributed by atoms with Gasteiger partial charge in [0.25, 0.3) is 11.5 Å². The molecule has 7 heteroatoms. The van der Waals surface area contributed by atoms with E-state index in [1.807, 2.05) is 0 Å². The molecule has 6 nitrogen and oxygen atoms in total. The Bertz CT molecular complexity index is 1060. The Hall–Kier alpha value is -2.83. The van der Waals surface area contributed by atoms with Crippen LogP contribution >= 0.6 is 11.6 Å². The molecule has 0 bridgehead atoms. The average molecular weight is 387 g/mol. The number of fused-ring (bicyclic) bond motifs is 1. The molecule has 2 N–H and O–H groups in total. The summed E-state index contributed by atoms with van der Waals surface area (Å²) < 4.78 is 6.56. The molecule has 27 heavy (non-hydrogen) atoms. The molecule has 0 aliphatic heterocycles. The molecule has 0 aliphatic carbocycles. The third-order valence-corrected chi connectivity index (χ3v) is 4.67. The molecule has 2 aromatic carbocycles. The van der Waals surface area contributed by atoms with Crippen molar-refractivity contribution in [2.45, 2.75) is 13.0 Å². The SMILES string of the molecule is COc1ccc(C(=O)Nc2cccc3c(=O)n(C(C)CO)ccc23)cc1Cl. The number of hydrogen-bond donors (Lipinski definition) is 2. The lowest BCUT2D eigenvalue weighted by Gasteiger charge is -2.15. The minimum atomic E-state index is -0.347. The van der Waals surface area contributed by atoms with Gasteiger partial charge in [0.05, 0.1) is 24.8 Å². The number of benzene rings is 2. The van der Waals surface area contributed by atoms with Crippen molar-refractivity contribution in [2.75, 3.05) is 19.0 Å². The van der Waals surface area contributed by atoms with E-state index in [2.05, 4.69) is 5.32 Å². The molecule has 1 amide bonds. The molecule has 1 aromatic heterocycles. The van der Waals surface area contributed by atoms with Crippen LogP contribution in [-0.2, 0) is 0 Å². The van der Waals surface area contributed by atoms with E-state index in [0.29, 0.717) is 32.8 Å². The highest BCUT2D eigenvalue weighted by molar-refractivity contribution is 6.32. The van der Waals surface area contributed by atoms with Crippen LogP contribution in [0, 0.1) is 0 Å².